The number of aromatic nitrogens is 4. The molecule has 1 saturated heterocycles. The molecule has 1 aliphatic rings. The Labute approximate surface area is 93.4 Å². The molecule has 0 bridgehead atoms. The maximum absolute atomic E-state index is 11.5. The van der Waals surface area contributed by atoms with Gasteiger partial charge in [-0.25, -0.2) is 0 Å². The summed E-state index contributed by atoms with van der Waals surface area (Å²) in [7, 11) is 0. The molecule has 0 aliphatic carbocycles. The number of tetrazole rings is 1. The summed E-state index contributed by atoms with van der Waals surface area (Å²) in [5, 5.41) is 19.3. The Morgan fingerprint density at radius 3 is 3.19 bits per heavy atom. The number of carbonyl (C=O) groups is 1. The van der Waals surface area contributed by atoms with E-state index in [9.17, 15) is 4.79 Å². The molecule has 0 spiro atoms. The third-order valence-electron chi connectivity index (χ3n) is 2.77. The zero-order chi connectivity index (χ0) is 11.2. The summed E-state index contributed by atoms with van der Waals surface area (Å²) in [6.45, 7) is 2.46. The highest BCUT2D eigenvalue weighted by Crippen LogP contribution is 2.13. The number of aromatic amines is 1. The summed E-state index contributed by atoms with van der Waals surface area (Å²) in [5.74, 6) is 1.21. The number of rotatable bonds is 5. The minimum absolute atomic E-state index is 0.0525. The van der Waals surface area contributed by atoms with Crippen LogP contribution in [0.2, 0.25) is 0 Å². The Balaban J connectivity index is 1.60. The van der Waals surface area contributed by atoms with Crippen LogP contribution in [-0.4, -0.2) is 39.6 Å². The molecule has 1 atom stereocenters. The van der Waals surface area contributed by atoms with Crippen molar-refractivity contribution in [1.82, 2.24) is 31.3 Å². The van der Waals surface area contributed by atoms with E-state index < -0.39 is 0 Å². The standard InChI is InChI=1S/C9H16N6O/c16-9(2-1-7-3-4-10-5-7)11-6-8-12-14-15-13-8/h7,10H,1-6H2,(H,11,16)(H,12,13,14,15). The van der Waals surface area contributed by atoms with Crippen LogP contribution in [0.5, 0.6) is 0 Å². The normalized spacial score (nSPS) is 19.9. The molecule has 7 nitrogen and oxygen atoms in total. The fourth-order valence-corrected chi connectivity index (χ4v) is 1.82. The van der Waals surface area contributed by atoms with Gasteiger partial charge in [-0.05, 0) is 31.8 Å². The monoisotopic (exact) mass is 224 g/mol. The Morgan fingerprint density at radius 2 is 2.50 bits per heavy atom. The first-order chi connectivity index (χ1) is 7.84. The quantitative estimate of drug-likeness (QED) is 0.609. The Bertz CT molecular complexity index is 319. The molecule has 3 N–H and O–H groups in total. The Hall–Kier alpha value is -1.50. The maximum atomic E-state index is 11.5. The molecule has 2 rings (SSSR count). The van der Waals surface area contributed by atoms with Crippen LogP contribution in [0.15, 0.2) is 0 Å². The van der Waals surface area contributed by atoms with E-state index in [0.29, 0.717) is 24.7 Å². The van der Waals surface area contributed by atoms with E-state index in [1.54, 1.807) is 0 Å². The summed E-state index contributed by atoms with van der Waals surface area (Å²) < 4.78 is 0. The zero-order valence-corrected chi connectivity index (χ0v) is 9.07. The molecule has 0 saturated carbocycles. The van der Waals surface area contributed by atoms with Crippen molar-refractivity contribution in [3.8, 4) is 0 Å². The Morgan fingerprint density at radius 1 is 1.56 bits per heavy atom. The summed E-state index contributed by atoms with van der Waals surface area (Å²) in [6, 6.07) is 0. The minimum atomic E-state index is 0.0525. The van der Waals surface area contributed by atoms with Gasteiger partial charge in [-0.1, -0.05) is 5.21 Å². The van der Waals surface area contributed by atoms with Gasteiger partial charge in [-0.15, -0.1) is 10.2 Å². The molecule has 1 amide bonds. The second-order valence-corrected chi connectivity index (χ2v) is 4.00. The highest BCUT2D eigenvalue weighted by molar-refractivity contribution is 5.75. The average Bonchev–Trinajstić information content (AvgIpc) is 2.96. The molecule has 1 fully saturated rings. The van der Waals surface area contributed by atoms with Crippen molar-refractivity contribution < 1.29 is 4.79 Å². The lowest BCUT2D eigenvalue weighted by atomic mass is 10.0. The van der Waals surface area contributed by atoms with Gasteiger partial charge in [-0.2, -0.15) is 5.21 Å². The van der Waals surface area contributed by atoms with E-state index in [-0.39, 0.29) is 5.91 Å². The van der Waals surface area contributed by atoms with Gasteiger partial charge in [0.1, 0.15) is 0 Å². The van der Waals surface area contributed by atoms with Crippen molar-refractivity contribution in [2.24, 2.45) is 5.92 Å². The SMILES string of the molecule is O=C(CCC1CCNC1)NCc1nn[nH]n1. The van der Waals surface area contributed by atoms with Crippen molar-refractivity contribution in [3.63, 3.8) is 0 Å². The summed E-state index contributed by atoms with van der Waals surface area (Å²) >= 11 is 0. The van der Waals surface area contributed by atoms with Gasteiger partial charge in [0.25, 0.3) is 0 Å². The van der Waals surface area contributed by atoms with E-state index in [1.165, 1.54) is 6.42 Å². The van der Waals surface area contributed by atoms with Crippen LogP contribution >= 0.6 is 0 Å². The molecule has 88 valence electrons. The van der Waals surface area contributed by atoms with Gasteiger partial charge in [0.05, 0.1) is 6.54 Å². The first kappa shape index (κ1) is 11.0. The second-order valence-electron chi connectivity index (χ2n) is 4.00. The molecule has 0 radical (unpaired) electrons. The van der Waals surface area contributed by atoms with Crippen molar-refractivity contribution >= 4 is 5.91 Å². The van der Waals surface area contributed by atoms with E-state index in [1.807, 2.05) is 0 Å². The summed E-state index contributed by atoms with van der Waals surface area (Å²) in [4.78, 5) is 11.5. The van der Waals surface area contributed by atoms with Gasteiger partial charge < -0.3 is 10.6 Å². The van der Waals surface area contributed by atoms with E-state index >= 15 is 0 Å². The third kappa shape index (κ3) is 3.27. The van der Waals surface area contributed by atoms with Crippen LogP contribution in [0.25, 0.3) is 0 Å². The van der Waals surface area contributed by atoms with Gasteiger partial charge >= 0.3 is 0 Å². The highest BCUT2D eigenvalue weighted by atomic mass is 16.1. The minimum Gasteiger partial charge on any atom is -0.349 e. The number of amides is 1. The largest absolute Gasteiger partial charge is 0.349 e. The first-order valence-corrected chi connectivity index (χ1v) is 5.54. The predicted molar refractivity (Wildman–Crippen MR) is 56.2 cm³/mol. The predicted octanol–water partition coefficient (Wildman–Crippen LogP) is -0.794. The first-order valence-electron chi connectivity index (χ1n) is 5.54. The van der Waals surface area contributed by atoms with Crippen molar-refractivity contribution in [1.29, 1.82) is 0 Å². The highest BCUT2D eigenvalue weighted by Gasteiger charge is 2.15. The number of nitrogens with one attached hydrogen (secondary N) is 3. The van der Waals surface area contributed by atoms with Gasteiger partial charge in [-0.3, -0.25) is 4.79 Å². The van der Waals surface area contributed by atoms with Crippen molar-refractivity contribution in [2.45, 2.75) is 25.8 Å². The number of carbonyl (C=O) groups excluding carboxylic acids is 1. The van der Waals surface area contributed by atoms with Gasteiger partial charge in [0.2, 0.25) is 5.91 Å². The van der Waals surface area contributed by atoms with E-state index in [4.69, 9.17) is 0 Å². The average molecular weight is 224 g/mol. The fraction of sp³-hybridized carbons (Fsp3) is 0.778. The lowest BCUT2D eigenvalue weighted by Crippen LogP contribution is -2.24. The maximum Gasteiger partial charge on any atom is 0.220 e. The molecule has 0 aromatic carbocycles. The van der Waals surface area contributed by atoms with Gasteiger partial charge in [0.15, 0.2) is 5.82 Å². The van der Waals surface area contributed by atoms with Crippen molar-refractivity contribution in [3.05, 3.63) is 5.82 Å². The van der Waals surface area contributed by atoms with E-state index in [2.05, 4.69) is 31.3 Å². The molecule has 1 aliphatic heterocycles. The number of nitrogens with zero attached hydrogens (tertiary/aromatic N) is 3. The molecular formula is C9H16N6O. The molecule has 2 heterocycles. The molecule has 7 heteroatoms. The number of hydrogen-bond acceptors (Lipinski definition) is 5. The van der Waals surface area contributed by atoms with Crippen LogP contribution in [0.3, 0.4) is 0 Å². The van der Waals surface area contributed by atoms with Crippen LogP contribution in [0, 0.1) is 5.92 Å². The van der Waals surface area contributed by atoms with Crippen LogP contribution in [0.4, 0.5) is 0 Å². The second kappa shape index (κ2) is 5.55. The smallest absolute Gasteiger partial charge is 0.220 e. The fourth-order valence-electron chi connectivity index (χ4n) is 1.82. The Kier molecular flexibility index (Phi) is 3.81. The lowest BCUT2D eigenvalue weighted by molar-refractivity contribution is -0.121. The molecule has 16 heavy (non-hydrogen) atoms. The van der Waals surface area contributed by atoms with Crippen LogP contribution < -0.4 is 10.6 Å². The molecular weight excluding hydrogens is 208 g/mol. The van der Waals surface area contributed by atoms with Gasteiger partial charge in [0, 0.05) is 6.42 Å². The van der Waals surface area contributed by atoms with E-state index in [0.717, 1.165) is 19.5 Å². The zero-order valence-electron chi connectivity index (χ0n) is 9.07. The number of H-pyrrole nitrogens is 1. The lowest BCUT2D eigenvalue weighted by Gasteiger charge is -2.07. The van der Waals surface area contributed by atoms with Crippen LogP contribution in [0.1, 0.15) is 25.1 Å². The summed E-state index contributed by atoms with van der Waals surface area (Å²) in [6.07, 6.45) is 2.70. The topological polar surface area (TPSA) is 95.6 Å². The molecule has 1 aromatic heterocycles. The summed E-state index contributed by atoms with van der Waals surface area (Å²) in [5.41, 5.74) is 0. The molecule has 1 unspecified atom stereocenters. The van der Waals surface area contributed by atoms with Crippen molar-refractivity contribution in [2.75, 3.05) is 13.1 Å². The number of hydrogen-bond donors (Lipinski definition) is 3. The van der Waals surface area contributed by atoms with Crippen LogP contribution in [-0.2, 0) is 11.3 Å². The molecule has 1 aromatic rings. The third-order valence-corrected chi connectivity index (χ3v) is 2.77.